The maximum Gasteiger partial charge on any atom is 0.419 e. The molecule has 37 heavy (non-hydrogen) atoms. The first-order valence-electron chi connectivity index (χ1n) is 11.2. The van der Waals surface area contributed by atoms with Crippen LogP contribution in [-0.4, -0.2) is 21.0 Å². The van der Waals surface area contributed by atoms with Gasteiger partial charge in [0.25, 0.3) is 0 Å². The van der Waals surface area contributed by atoms with Gasteiger partial charge in [0.2, 0.25) is 5.95 Å². The van der Waals surface area contributed by atoms with Crippen LogP contribution in [0.15, 0.2) is 72.8 Å². The monoisotopic (exact) mass is 513 g/mol. The number of carboxylic acids is 1. The van der Waals surface area contributed by atoms with E-state index in [4.69, 9.17) is 15.6 Å². The van der Waals surface area contributed by atoms with Crippen molar-refractivity contribution < 1.29 is 32.2 Å². The first-order chi connectivity index (χ1) is 17.4. The summed E-state index contributed by atoms with van der Waals surface area (Å²) in [7, 11) is 0. The molecule has 0 saturated carbocycles. The van der Waals surface area contributed by atoms with Crippen molar-refractivity contribution in [1.29, 1.82) is 0 Å². The van der Waals surface area contributed by atoms with Crippen LogP contribution in [-0.2, 0) is 23.1 Å². The van der Waals surface area contributed by atoms with Crippen molar-refractivity contribution in [2.75, 3.05) is 0 Å². The first-order valence-corrected chi connectivity index (χ1v) is 11.2. The van der Waals surface area contributed by atoms with Crippen LogP contribution in [0.25, 0.3) is 22.4 Å². The third kappa shape index (κ3) is 5.97. The van der Waals surface area contributed by atoms with E-state index in [0.717, 1.165) is 23.3 Å². The Morgan fingerprint density at radius 2 is 1.62 bits per heavy atom. The molecule has 0 amide bonds. The standard InChI is InChI=1S/C27H23F4N3O3/c1-26(32,14-22(35)36)25-33-23(24(28)34-25)19-11-12-21(20(13-19)27(29,30)31)37-15-16-7-9-18(10-8-16)17-5-3-2-4-6-17/h2-13H,14-15,32H2,1H3,(H,33,34)(H,35,36)/t26-/m0/s1. The van der Waals surface area contributed by atoms with E-state index in [0.29, 0.717) is 5.56 Å². The topological polar surface area (TPSA) is 101 Å². The van der Waals surface area contributed by atoms with Gasteiger partial charge in [-0.2, -0.15) is 17.6 Å². The number of carbonyl (C=O) groups is 1. The number of aliphatic carboxylic acids is 1. The molecule has 0 spiro atoms. The number of halogens is 4. The van der Waals surface area contributed by atoms with E-state index in [1.54, 1.807) is 12.1 Å². The van der Waals surface area contributed by atoms with Gasteiger partial charge >= 0.3 is 12.1 Å². The number of nitrogens with one attached hydrogen (secondary N) is 1. The lowest BCUT2D eigenvalue weighted by Crippen LogP contribution is -2.36. The quantitative estimate of drug-likeness (QED) is 0.246. The molecule has 1 heterocycles. The lowest BCUT2D eigenvalue weighted by Gasteiger charge is -2.19. The van der Waals surface area contributed by atoms with Gasteiger partial charge in [-0.3, -0.25) is 4.79 Å². The van der Waals surface area contributed by atoms with E-state index >= 15 is 0 Å². The molecule has 6 nitrogen and oxygen atoms in total. The van der Waals surface area contributed by atoms with Crippen molar-refractivity contribution in [3.8, 4) is 28.1 Å². The van der Waals surface area contributed by atoms with E-state index in [-0.39, 0.29) is 18.0 Å². The molecule has 0 unspecified atom stereocenters. The summed E-state index contributed by atoms with van der Waals surface area (Å²) in [6, 6.07) is 20.0. The summed E-state index contributed by atoms with van der Waals surface area (Å²) in [6.07, 6.45) is -5.35. The fourth-order valence-electron chi connectivity index (χ4n) is 3.82. The minimum absolute atomic E-state index is 0.112. The van der Waals surface area contributed by atoms with Crippen LogP contribution in [0.3, 0.4) is 0 Å². The average Bonchev–Trinajstić information content (AvgIpc) is 3.25. The number of hydrogen-bond donors (Lipinski definition) is 3. The normalized spacial score (nSPS) is 13.2. The van der Waals surface area contributed by atoms with Crippen LogP contribution in [0, 0.1) is 5.95 Å². The molecule has 4 rings (SSSR count). The number of benzene rings is 3. The zero-order valence-electron chi connectivity index (χ0n) is 19.6. The molecule has 0 aliphatic carbocycles. The Morgan fingerprint density at radius 3 is 2.24 bits per heavy atom. The molecule has 0 bridgehead atoms. The predicted octanol–water partition coefficient (Wildman–Crippen LogP) is 6.13. The molecule has 0 saturated heterocycles. The minimum Gasteiger partial charge on any atom is -0.488 e. The number of imidazole rings is 1. The van der Waals surface area contributed by atoms with Gasteiger partial charge in [-0.15, -0.1) is 0 Å². The molecular weight excluding hydrogens is 490 g/mol. The average molecular weight is 513 g/mol. The van der Waals surface area contributed by atoms with Crippen LogP contribution < -0.4 is 10.5 Å². The highest BCUT2D eigenvalue weighted by molar-refractivity contribution is 5.69. The van der Waals surface area contributed by atoms with Crippen molar-refractivity contribution in [2.45, 2.75) is 31.7 Å². The van der Waals surface area contributed by atoms with Crippen LogP contribution in [0.2, 0.25) is 0 Å². The Labute approximate surface area is 209 Å². The van der Waals surface area contributed by atoms with Crippen molar-refractivity contribution in [1.82, 2.24) is 9.97 Å². The summed E-state index contributed by atoms with van der Waals surface area (Å²) in [5.74, 6) is -2.89. The van der Waals surface area contributed by atoms with Crippen molar-refractivity contribution in [3.63, 3.8) is 0 Å². The lowest BCUT2D eigenvalue weighted by atomic mass is 9.99. The summed E-state index contributed by atoms with van der Waals surface area (Å²) in [5, 5.41) is 9.00. The van der Waals surface area contributed by atoms with E-state index in [1.165, 1.54) is 13.0 Å². The SMILES string of the molecule is C[C@](N)(CC(=O)O)c1nc(-c2ccc(OCc3ccc(-c4ccccc4)cc3)c(C(F)(F)F)c2)c(F)[nH]1. The van der Waals surface area contributed by atoms with Gasteiger partial charge < -0.3 is 20.6 Å². The number of alkyl halides is 3. The Morgan fingerprint density at radius 1 is 1.00 bits per heavy atom. The lowest BCUT2D eigenvalue weighted by molar-refractivity contribution is -0.139. The highest BCUT2D eigenvalue weighted by atomic mass is 19.4. The van der Waals surface area contributed by atoms with Crippen LogP contribution in [0.5, 0.6) is 5.75 Å². The number of carboxylic acid groups (broad SMARTS) is 1. The molecule has 10 heteroatoms. The largest absolute Gasteiger partial charge is 0.488 e. The zero-order valence-corrected chi connectivity index (χ0v) is 19.6. The number of H-pyrrole nitrogens is 1. The van der Waals surface area contributed by atoms with Gasteiger partial charge in [0, 0.05) is 5.56 Å². The second kappa shape index (κ2) is 10.1. The molecule has 192 valence electrons. The van der Waals surface area contributed by atoms with E-state index in [1.807, 2.05) is 42.5 Å². The molecule has 0 aliphatic rings. The van der Waals surface area contributed by atoms with Crippen LogP contribution in [0.4, 0.5) is 17.6 Å². The predicted molar refractivity (Wildman–Crippen MR) is 129 cm³/mol. The van der Waals surface area contributed by atoms with Crippen molar-refractivity contribution in [3.05, 3.63) is 95.7 Å². The van der Waals surface area contributed by atoms with E-state index in [9.17, 15) is 22.4 Å². The molecule has 1 atom stereocenters. The highest BCUT2D eigenvalue weighted by Gasteiger charge is 2.36. The number of hydrogen-bond acceptors (Lipinski definition) is 4. The molecule has 3 aromatic carbocycles. The van der Waals surface area contributed by atoms with Gasteiger partial charge in [0.1, 0.15) is 23.9 Å². The summed E-state index contributed by atoms with van der Waals surface area (Å²) in [5.41, 5.74) is 5.32. The first kappa shape index (κ1) is 25.9. The number of rotatable bonds is 8. The molecular formula is C27H23F4N3O3. The molecule has 4 aromatic rings. The number of aromatic amines is 1. The summed E-state index contributed by atoms with van der Waals surface area (Å²) in [4.78, 5) is 17.2. The molecule has 1 aromatic heterocycles. The summed E-state index contributed by atoms with van der Waals surface area (Å²) >= 11 is 0. The van der Waals surface area contributed by atoms with E-state index < -0.39 is 47.1 Å². The third-order valence-electron chi connectivity index (χ3n) is 5.73. The Hall–Kier alpha value is -4.18. The van der Waals surface area contributed by atoms with Gasteiger partial charge in [0.05, 0.1) is 17.5 Å². The second-order valence-electron chi connectivity index (χ2n) is 8.80. The maximum atomic E-state index is 14.6. The smallest absolute Gasteiger partial charge is 0.419 e. The molecule has 0 aliphatic heterocycles. The highest BCUT2D eigenvalue weighted by Crippen LogP contribution is 2.39. The van der Waals surface area contributed by atoms with E-state index in [2.05, 4.69) is 9.97 Å². The maximum absolute atomic E-state index is 14.6. The number of ether oxygens (including phenoxy) is 1. The molecule has 0 radical (unpaired) electrons. The summed E-state index contributed by atoms with van der Waals surface area (Å²) in [6.45, 7) is 1.22. The van der Waals surface area contributed by atoms with Crippen molar-refractivity contribution in [2.24, 2.45) is 5.73 Å². The Balaban J connectivity index is 1.57. The Bertz CT molecular complexity index is 1400. The summed E-state index contributed by atoms with van der Waals surface area (Å²) < 4.78 is 61.7. The Kier molecular flexibility index (Phi) is 7.04. The molecule has 0 fully saturated rings. The fraction of sp³-hybridized carbons (Fsp3) is 0.185. The minimum atomic E-state index is -4.79. The van der Waals surface area contributed by atoms with Crippen LogP contribution >= 0.6 is 0 Å². The van der Waals surface area contributed by atoms with Crippen molar-refractivity contribution >= 4 is 5.97 Å². The van der Waals surface area contributed by atoms with Gasteiger partial charge in [-0.25, -0.2) is 4.98 Å². The number of aromatic nitrogens is 2. The number of nitrogens with two attached hydrogens (primary N) is 1. The molecule has 4 N–H and O–H groups in total. The second-order valence-corrected chi connectivity index (χ2v) is 8.80. The zero-order chi connectivity index (χ0) is 26.8. The van der Waals surface area contributed by atoms with Gasteiger partial charge in [0.15, 0.2) is 0 Å². The fourth-order valence-corrected chi connectivity index (χ4v) is 3.82. The van der Waals surface area contributed by atoms with Gasteiger partial charge in [-0.05, 0) is 41.8 Å². The third-order valence-corrected chi connectivity index (χ3v) is 5.73. The van der Waals surface area contributed by atoms with Crippen LogP contribution in [0.1, 0.15) is 30.3 Å². The van der Waals surface area contributed by atoms with Gasteiger partial charge in [-0.1, -0.05) is 54.6 Å². The number of nitrogens with zero attached hydrogens (tertiary/aromatic N) is 1.